The number of nitro groups is 1. The molecule has 0 amide bonds. The van der Waals surface area contributed by atoms with Crippen molar-refractivity contribution in [3.63, 3.8) is 0 Å². The Morgan fingerprint density at radius 3 is 2.55 bits per heavy atom. The van der Waals surface area contributed by atoms with Gasteiger partial charge < -0.3 is 4.74 Å². The van der Waals surface area contributed by atoms with Crippen LogP contribution in [0, 0.1) is 24.0 Å². The molecule has 5 aromatic rings. The lowest BCUT2D eigenvalue weighted by molar-refractivity contribution is -0.479. The molecule has 0 N–H and O–H groups in total. The standard InChI is InChI=1S/C29H25BrN4O3S/c1-19-6-5-9-25(14-19)34-20(2)31-32-29(34)38-28(17-33(35)36)24-12-13-27(26(30)16-24)37-18-21-10-11-22-7-3-4-8-23(22)15-21/h3-16,28H,17-18H2,1-2H3/t28-/m1/s1. The Morgan fingerprint density at radius 2 is 1.79 bits per heavy atom. The molecule has 0 bridgehead atoms. The summed E-state index contributed by atoms with van der Waals surface area (Å²) in [6.07, 6.45) is 0. The molecular weight excluding hydrogens is 564 g/mol. The van der Waals surface area contributed by atoms with Crippen LogP contribution in [0.2, 0.25) is 0 Å². The molecule has 4 aromatic carbocycles. The fraction of sp³-hybridized carbons (Fsp3) is 0.172. The summed E-state index contributed by atoms with van der Waals surface area (Å²) in [7, 11) is 0. The number of hydrogen-bond donors (Lipinski definition) is 0. The first-order chi connectivity index (χ1) is 18.4. The van der Waals surface area contributed by atoms with Crippen molar-refractivity contribution in [3.8, 4) is 11.4 Å². The summed E-state index contributed by atoms with van der Waals surface area (Å²) in [5.74, 6) is 1.39. The van der Waals surface area contributed by atoms with Crippen LogP contribution in [0.4, 0.5) is 0 Å². The van der Waals surface area contributed by atoms with Gasteiger partial charge in [0.15, 0.2) is 5.16 Å². The Labute approximate surface area is 233 Å². The third-order valence-corrected chi connectivity index (χ3v) is 7.95. The molecule has 192 valence electrons. The summed E-state index contributed by atoms with van der Waals surface area (Å²) in [4.78, 5) is 11.3. The lowest BCUT2D eigenvalue weighted by atomic mass is 10.1. The van der Waals surface area contributed by atoms with Crippen molar-refractivity contribution >= 4 is 38.5 Å². The Bertz CT molecular complexity index is 1620. The largest absolute Gasteiger partial charge is 0.488 e. The molecular formula is C29H25BrN4O3S. The van der Waals surface area contributed by atoms with Crippen LogP contribution in [0.15, 0.2) is 94.6 Å². The van der Waals surface area contributed by atoms with E-state index in [2.05, 4.69) is 56.5 Å². The van der Waals surface area contributed by atoms with Gasteiger partial charge in [-0.25, -0.2) is 0 Å². The predicted octanol–water partition coefficient (Wildman–Crippen LogP) is 7.49. The molecule has 5 rings (SSSR count). The fourth-order valence-corrected chi connectivity index (χ4v) is 5.96. The number of aromatic nitrogens is 3. The predicted molar refractivity (Wildman–Crippen MR) is 154 cm³/mol. The van der Waals surface area contributed by atoms with Gasteiger partial charge in [0.25, 0.3) is 0 Å². The van der Waals surface area contributed by atoms with Gasteiger partial charge in [0.1, 0.15) is 23.4 Å². The number of benzene rings is 4. The second kappa shape index (κ2) is 11.4. The molecule has 7 nitrogen and oxygen atoms in total. The van der Waals surface area contributed by atoms with Crippen LogP contribution in [0.5, 0.6) is 5.75 Å². The summed E-state index contributed by atoms with van der Waals surface area (Å²) in [5.41, 5.74) is 3.89. The molecule has 0 aliphatic carbocycles. The van der Waals surface area contributed by atoms with Gasteiger partial charge in [0.2, 0.25) is 6.54 Å². The normalized spacial score (nSPS) is 12.0. The topological polar surface area (TPSA) is 83.1 Å². The molecule has 1 heterocycles. The van der Waals surface area contributed by atoms with Gasteiger partial charge in [-0.15, -0.1) is 10.2 Å². The van der Waals surface area contributed by atoms with Crippen LogP contribution in [-0.4, -0.2) is 26.2 Å². The van der Waals surface area contributed by atoms with Crippen molar-refractivity contribution in [1.82, 2.24) is 14.8 Å². The number of hydrogen-bond acceptors (Lipinski definition) is 6. The Balaban J connectivity index is 1.37. The lowest BCUT2D eigenvalue weighted by Gasteiger charge is -2.16. The zero-order valence-electron chi connectivity index (χ0n) is 20.9. The monoisotopic (exact) mass is 588 g/mol. The van der Waals surface area contributed by atoms with Gasteiger partial charge in [0, 0.05) is 10.6 Å². The highest BCUT2D eigenvalue weighted by Gasteiger charge is 2.24. The number of aryl methyl sites for hydroxylation is 2. The van der Waals surface area contributed by atoms with Gasteiger partial charge in [0.05, 0.1) is 4.47 Å². The van der Waals surface area contributed by atoms with Crippen molar-refractivity contribution in [1.29, 1.82) is 0 Å². The Hall–Kier alpha value is -3.69. The maximum atomic E-state index is 11.6. The van der Waals surface area contributed by atoms with E-state index in [0.717, 1.165) is 38.1 Å². The highest BCUT2D eigenvalue weighted by atomic mass is 79.9. The Morgan fingerprint density at radius 1 is 0.974 bits per heavy atom. The average Bonchev–Trinajstić information content (AvgIpc) is 3.26. The third-order valence-electron chi connectivity index (χ3n) is 6.15. The van der Waals surface area contributed by atoms with Gasteiger partial charge in [-0.05, 0) is 87.6 Å². The number of fused-ring (bicyclic) bond motifs is 1. The lowest BCUT2D eigenvalue weighted by Crippen LogP contribution is -2.11. The first-order valence-corrected chi connectivity index (χ1v) is 13.7. The van der Waals surface area contributed by atoms with E-state index >= 15 is 0 Å². The molecule has 0 spiro atoms. The van der Waals surface area contributed by atoms with Crippen LogP contribution >= 0.6 is 27.7 Å². The number of halogens is 1. The highest BCUT2D eigenvalue weighted by molar-refractivity contribution is 9.10. The first-order valence-electron chi connectivity index (χ1n) is 12.0. The summed E-state index contributed by atoms with van der Waals surface area (Å²) in [5, 5.41) is 22.7. The fourth-order valence-electron chi connectivity index (χ4n) is 4.28. The maximum absolute atomic E-state index is 11.6. The smallest absolute Gasteiger partial charge is 0.220 e. The second-order valence-corrected chi connectivity index (χ2v) is 11.0. The second-order valence-electron chi connectivity index (χ2n) is 8.99. The molecule has 1 aromatic heterocycles. The SMILES string of the molecule is Cc1cccc(-n2c(C)nnc2S[C@H](C[N+](=O)[O-])c2ccc(OCc3ccc4ccccc4c3)c(Br)c2)c1. The quantitative estimate of drug-likeness (QED) is 0.101. The van der Waals surface area contributed by atoms with E-state index in [1.54, 1.807) is 0 Å². The highest BCUT2D eigenvalue weighted by Crippen LogP contribution is 2.39. The van der Waals surface area contributed by atoms with Crippen molar-refractivity contribution in [3.05, 3.63) is 122 Å². The molecule has 9 heteroatoms. The van der Waals surface area contributed by atoms with Crippen LogP contribution in [0.1, 0.15) is 27.8 Å². The molecule has 1 atom stereocenters. The molecule has 0 fully saturated rings. The van der Waals surface area contributed by atoms with E-state index in [4.69, 9.17) is 4.74 Å². The summed E-state index contributed by atoms with van der Waals surface area (Å²) in [6, 6.07) is 28.1. The number of nitrogens with zero attached hydrogens (tertiary/aromatic N) is 4. The zero-order valence-corrected chi connectivity index (χ0v) is 23.3. The number of rotatable bonds is 9. The number of ether oxygens (including phenoxy) is 1. The van der Waals surface area contributed by atoms with E-state index in [0.29, 0.717) is 17.5 Å². The van der Waals surface area contributed by atoms with Crippen LogP contribution < -0.4 is 4.74 Å². The van der Waals surface area contributed by atoms with Crippen LogP contribution in [0.3, 0.4) is 0 Å². The summed E-state index contributed by atoms with van der Waals surface area (Å²) >= 11 is 4.94. The van der Waals surface area contributed by atoms with Crippen molar-refractivity contribution in [2.45, 2.75) is 30.9 Å². The molecule has 0 unspecified atom stereocenters. The van der Waals surface area contributed by atoms with E-state index in [1.165, 1.54) is 17.1 Å². The van der Waals surface area contributed by atoms with Crippen molar-refractivity contribution < 1.29 is 9.66 Å². The van der Waals surface area contributed by atoms with Crippen molar-refractivity contribution in [2.75, 3.05) is 6.54 Å². The number of thioether (sulfide) groups is 1. The minimum atomic E-state index is -0.469. The van der Waals surface area contributed by atoms with Crippen molar-refractivity contribution in [2.24, 2.45) is 0 Å². The Kier molecular flexibility index (Phi) is 7.76. The van der Waals surface area contributed by atoms with E-state index in [9.17, 15) is 10.1 Å². The van der Waals surface area contributed by atoms with Gasteiger partial charge in [-0.3, -0.25) is 14.7 Å². The summed E-state index contributed by atoms with van der Waals surface area (Å²) < 4.78 is 8.75. The van der Waals surface area contributed by atoms with E-state index in [-0.39, 0.29) is 11.5 Å². The minimum Gasteiger partial charge on any atom is -0.488 e. The van der Waals surface area contributed by atoms with Gasteiger partial charge >= 0.3 is 0 Å². The maximum Gasteiger partial charge on any atom is 0.220 e. The summed E-state index contributed by atoms with van der Waals surface area (Å²) in [6.45, 7) is 4.05. The molecule has 0 aliphatic rings. The molecule has 38 heavy (non-hydrogen) atoms. The van der Waals surface area contributed by atoms with Crippen LogP contribution in [-0.2, 0) is 6.61 Å². The molecule has 0 saturated carbocycles. The molecule has 0 saturated heterocycles. The van der Waals surface area contributed by atoms with Gasteiger partial charge in [-0.1, -0.05) is 66.4 Å². The minimum absolute atomic E-state index is 0.256. The van der Waals surface area contributed by atoms with E-state index < -0.39 is 5.25 Å². The van der Waals surface area contributed by atoms with Crippen LogP contribution in [0.25, 0.3) is 16.5 Å². The third kappa shape index (κ3) is 5.89. The average molecular weight is 590 g/mol. The first kappa shape index (κ1) is 25.9. The van der Waals surface area contributed by atoms with Gasteiger partial charge in [-0.2, -0.15) is 0 Å². The zero-order chi connectivity index (χ0) is 26.6. The molecule has 0 radical (unpaired) electrons. The van der Waals surface area contributed by atoms with E-state index in [1.807, 2.05) is 73.0 Å². The molecule has 0 aliphatic heterocycles.